The summed E-state index contributed by atoms with van der Waals surface area (Å²) in [5.74, 6) is -0.846. The zero-order chi connectivity index (χ0) is 27.0. The Morgan fingerprint density at radius 2 is 1.68 bits per heavy atom. The number of fused-ring (bicyclic) bond motifs is 1. The van der Waals surface area contributed by atoms with E-state index in [1.165, 1.54) is 0 Å². The highest BCUT2D eigenvalue weighted by Crippen LogP contribution is 2.31. The summed E-state index contributed by atoms with van der Waals surface area (Å²) in [4.78, 5) is 20.4. The molecule has 4 aromatic heterocycles. The van der Waals surface area contributed by atoms with Crippen LogP contribution in [0.15, 0.2) is 55.1 Å². The Balaban J connectivity index is 1.32. The van der Waals surface area contributed by atoms with E-state index in [4.69, 9.17) is 0 Å². The number of carbonyl (C=O) groups is 1. The first-order valence-electron chi connectivity index (χ1n) is 12.0. The fourth-order valence-electron chi connectivity index (χ4n) is 4.50. The molecule has 5 rings (SSSR count). The molecule has 4 heterocycles. The maximum Gasteiger partial charge on any atom is 0.435 e. The Bertz CT molecular complexity index is 1610. The largest absolute Gasteiger partial charge is 0.435 e. The zero-order valence-electron chi connectivity index (χ0n) is 21.1. The lowest BCUT2D eigenvalue weighted by Gasteiger charge is -2.12. The summed E-state index contributed by atoms with van der Waals surface area (Å²) in [5, 5.41) is 11.5. The van der Waals surface area contributed by atoms with Crippen LogP contribution in [0.1, 0.15) is 49.6 Å². The third-order valence-electron chi connectivity index (χ3n) is 6.47. The molecule has 0 aliphatic heterocycles. The van der Waals surface area contributed by atoms with E-state index in [-0.39, 0.29) is 13.1 Å². The Morgan fingerprint density at radius 1 is 1.00 bits per heavy atom. The molecule has 38 heavy (non-hydrogen) atoms. The average molecular weight is 522 g/mol. The number of pyridine rings is 1. The van der Waals surface area contributed by atoms with E-state index >= 15 is 0 Å². The molecule has 1 amide bonds. The number of nitrogens with zero attached hydrogens (tertiary/aromatic N) is 5. The Morgan fingerprint density at radius 3 is 2.32 bits per heavy atom. The van der Waals surface area contributed by atoms with Crippen LogP contribution in [-0.4, -0.2) is 35.4 Å². The van der Waals surface area contributed by atoms with Gasteiger partial charge < -0.3 is 10.3 Å². The van der Waals surface area contributed by atoms with Gasteiger partial charge in [0.05, 0.1) is 24.8 Å². The lowest BCUT2D eigenvalue weighted by Crippen LogP contribution is -2.26. The Kier molecular flexibility index (Phi) is 6.52. The maximum atomic E-state index is 13.8. The molecule has 0 aliphatic carbocycles. The van der Waals surface area contributed by atoms with Crippen molar-refractivity contribution in [2.45, 2.75) is 46.6 Å². The van der Waals surface area contributed by atoms with Gasteiger partial charge in [-0.3, -0.25) is 14.2 Å². The normalized spacial score (nSPS) is 11.8. The number of nitrogens with one attached hydrogen (secondary N) is 2. The number of hydrogen-bond donors (Lipinski definition) is 2. The van der Waals surface area contributed by atoms with Crippen LogP contribution in [0.4, 0.5) is 13.2 Å². The number of hydrogen-bond acceptors (Lipinski definition) is 4. The SMILES string of the molecule is Cc1cnn(Cc2ccc(Cn3cc(C(=O)NCc4c(C)nc5[nH]ccc5c4C)c(C(F)(F)F)n3)cc2)c1. The third-order valence-corrected chi connectivity index (χ3v) is 6.47. The van der Waals surface area contributed by atoms with Crippen molar-refractivity contribution in [1.29, 1.82) is 0 Å². The first-order valence-corrected chi connectivity index (χ1v) is 12.0. The first kappa shape index (κ1) is 25.2. The molecular weight excluding hydrogens is 495 g/mol. The average Bonchev–Trinajstić information content (AvgIpc) is 3.60. The van der Waals surface area contributed by atoms with Crippen LogP contribution in [-0.2, 0) is 25.8 Å². The second-order valence-corrected chi connectivity index (χ2v) is 9.34. The topological polar surface area (TPSA) is 93.4 Å². The summed E-state index contributed by atoms with van der Waals surface area (Å²) < 4.78 is 44.3. The minimum absolute atomic E-state index is 0.0460. The molecule has 0 atom stereocenters. The molecule has 11 heteroatoms. The second-order valence-electron chi connectivity index (χ2n) is 9.34. The van der Waals surface area contributed by atoms with Crippen molar-refractivity contribution in [2.24, 2.45) is 0 Å². The highest BCUT2D eigenvalue weighted by atomic mass is 19.4. The summed E-state index contributed by atoms with van der Waals surface area (Å²) in [7, 11) is 0. The quantitative estimate of drug-likeness (QED) is 0.318. The van der Waals surface area contributed by atoms with Crippen molar-refractivity contribution >= 4 is 16.9 Å². The monoisotopic (exact) mass is 521 g/mol. The van der Waals surface area contributed by atoms with Crippen molar-refractivity contribution in [1.82, 2.24) is 34.8 Å². The zero-order valence-corrected chi connectivity index (χ0v) is 21.1. The van der Waals surface area contributed by atoms with Gasteiger partial charge in [0.2, 0.25) is 0 Å². The molecule has 5 aromatic rings. The molecule has 0 saturated carbocycles. The molecule has 196 valence electrons. The number of alkyl halides is 3. The van der Waals surface area contributed by atoms with Crippen molar-refractivity contribution in [3.05, 3.63) is 99.9 Å². The van der Waals surface area contributed by atoms with Crippen LogP contribution in [0.25, 0.3) is 11.0 Å². The first-order chi connectivity index (χ1) is 18.1. The predicted molar refractivity (Wildman–Crippen MR) is 136 cm³/mol. The number of aryl methyl sites for hydroxylation is 3. The van der Waals surface area contributed by atoms with Gasteiger partial charge in [0, 0.05) is 36.2 Å². The molecule has 8 nitrogen and oxygen atoms in total. The molecule has 0 saturated heterocycles. The van der Waals surface area contributed by atoms with E-state index in [2.05, 4.69) is 25.5 Å². The predicted octanol–water partition coefficient (Wildman–Crippen LogP) is 4.93. The number of benzene rings is 1. The van der Waals surface area contributed by atoms with Crippen LogP contribution in [0.3, 0.4) is 0 Å². The van der Waals surface area contributed by atoms with Gasteiger partial charge in [-0.2, -0.15) is 23.4 Å². The number of H-pyrrole nitrogens is 1. The van der Waals surface area contributed by atoms with Gasteiger partial charge in [-0.05, 0) is 54.7 Å². The van der Waals surface area contributed by atoms with E-state index in [1.807, 2.05) is 55.1 Å². The number of aromatic amines is 1. The minimum atomic E-state index is -4.78. The van der Waals surface area contributed by atoms with Gasteiger partial charge in [-0.25, -0.2) is 4.98 Å². The summed E-state index contributed by atoms with van der Waals surface area (Å²) >= 11 is 0. The molecule has 0 bridgehead atoms. The van der Waals surface area contributed by atoms with E-state index in [1.54, 1.807) is 19.3 Å². The van der Waals surface area contributed by atoms with Crippen LogP contribution >= 0.6 is 0 Å². The van der Waals surface area contributed by atoms with E-state index < -0.39 is 23.3 Å². The number of aromatic nitrogens is 6. The smallest absolute Gasteiger partial charge is 0.348 e. The molecule has 1 aromatic carbocycles. The highest BCUT2D eigenvalue weighted by Gasteiger charge is 2.39. The van der Waals surface area contributed by atoms with Crippen molar-refractivity contribution in [3.63, 3.8) is 0 Å². The van der Waals surface area contributed by atoms with Gasteiger partial charge in [0.1, 0.15) is 5.65 Å². The number of rotatable bonds is 7. The highest BCUT2D eigenvalue weighted by molar-refractivity contribution is 5.95. The van der Waals surface area contributed by atoms with E-state index in [9.17, 15) is 18.0 Å². The summed E-state index contributed by atoms with van der Waals surface area (Å²) in [6.07, 6.45) is 1.84. The van der Waals surface area contributed by atoms with Gasteiger partial charge >= 0.3 is 6.18 Å². The Hall–Kier alpha value is -4.41. The van der Waals surface area contributed by atoms with Crippen LogP contribution in [0.2, 0.25) is 0 Å². The molecule has 0 spiro atoms. The van der Waals surface area contributed by atoms with E-state index in [0.717, 1.165) is 49.7 Å². The van der Waals surface area contributed by atoms with Crippen LogP contribution < -0.4 is 5.32 Å². The van der Waals surface area contributed by atoms with Crippen LogP contribution in [0.5, 0.6) is 0 Å². The van der Waals surface area contributed by atoms with Crippen molar-refractivity contribution < 1.29 is 18.0 Å². The van der Waals surface area contributed by atoms with Crippen molar-refractivity contribution in [2.75, 3.05) is 0 Å². The molecule has 2 N–H and O–H groups in total. The number of halogens is 3. The summed E-state index contributed by atoms with van der Waals surface area (Å²) in [6, 6.07) is 9.33. The Labute approximate surface area is 216 Å². The molecule has 0 fully saturated rings. The maximum absolute atomic E-state index is 13.8. The van der Waals surface area contributed by atoms with Gasteiger partial charge in [0.15, 0.2) is 5.69 Å². The van der Waals surface area contributed by atoms with Crippen LogP contribution in [0, 0.1) is 20.8 Å². The fraction of sp³-hybridized carbons (Fsp3) is 0.259. The minimum Gasteiger partial charge on any atom is -0.348 e. The summed E-state index contributed by atoms with van der Waals surface area (Å²) in [5.41, 5.74) is 4.17. The molecule has 0 aliphatic rings. The van der Waals surface area contributed by atoms with Crippen molar-refractivity contribution in [3.8, 4) is 0 Å². The molecular formula is C27H26F3N7O. The van der Waals surface area contributed by atoms with Gasteiger partial charge in [-0.15, -0.1) is 0 Å². The third kappa shape index (κ3) is 5.17. The lowest BCUT2D eigenvalue weighted by atomic mass is 10.0. The second kappa shape index (κ2) is 9.81. The summed E-state index contributed by atoms with van der Waals surface area (Å²) in [6.45, 7) is 6.38. The number of amides is 1. The van der Waals surface area contributed by atoms with Gasteiger partial charge in [0.25, 0.3) is 5.91 Å². The van der Waals surface area contributed by atoms with E-state index in [0.29, 0.717) is 12.2 Å². The fourth-order valence-corrected chi connectivity index (χ4v) is 4.50. The van der Waals surface area contributed by atoms with Gasteiger partial charge in [-0.1, -0.05) is 24.3 Å². The molecule has 0 unspecified atom stereocenters. The standard InChI is InChI=1S/C27H26F3N7O/c1-16-10-33-36(12-16)13-19-4-6-20(7-5-19)14-37-15-23(24(35-37)27(28,29)30)26(38)32-11-22-17(2)21-8-9-31-25(21)34-18(22)3/h4-10,12,15H,11,13-14H2,1-3H3,(H,31,34)(H,32,38). The molecule has 0 radical (unpaired) electrons. The lowest BCUT2D eigenvalue weighted by molar-refractivity contribution is -0.141. The number of carbonyl (C=O) groups excluding carboxylic acids is 1.